The van der Waals surface area contributed by atoms with Crippen molar-refractivity contribution in [2.45, 2.75) is 26.3 Å². The van der Waals surface area contributed by atoms with Crippen LogP contribution in [0.1, 0.15) is 18.1 Å². The molecule has 1 atom stereocenters. The lowest BCUT2D eigenvalue weighted by Gasteiger charge is -2.15. The molecule has 1 amide bonds. The Labute approximate surface area is 158 Å². The molecule has 2 rings (SSSR count). The van der Waals surface area contributed by atoms with E-state index in [-0.39, 0.29) is 5.56 Å². The highest BCUT2D eigenvalue weighted by Gasteiger charge is 2.31. The number of carbonyl (C=O) groups excluding carboxylic acids is 1. The zero-order valence-corrected chi connectivity index (χ0v) is 15.1. The van der Waals surface area contributed by atoms with Gasteiger partial charge in [0, 0.05) is 10.6 Å². The molecule has 0 spiro atoms. The van der Waals surface area contributed by atoms with Crippen molar-refractivity contribution >= 4 is 23.7 Å². The number of hydrogen-bond donors (Lipinski definition) is 1. The third-order valence-corrected chi connectivity index (χ3v) is 3.57. The van der Waals surface area contributed by atoms with Crippen LogP contribution in [0.4, 0.5) is 13.2 Å². The summed E-state index contributed by atoms with van der Waals surface area (Å²) in [5, 5.41) is 4.20. The summed E-state index contributed by atoms with van der Waals surface area (Å²) in [6, 6.07) is 10.4. The number of carbonyl (C=O) groups is 1. The van der Waals surface area contributed by atoms with E-state index >= 15 is 0 Å². The fourth-order valence-electron chi connectivity index (χ4n) is 2.05. The maximum atomic E-state index is 12.4. The Morgan fingerprint density at radius 3 is 2.59 bits per heavy atom. The molecule has 0 radical (unpaired) electrons. The molecule has 27 heavy (non-hydrogen) atoms. The van der Waals surface area contributed by atoms with Crippen molar-refractivity contribution < 1.29 is 27.4 Å². The van der Waals surface area contributed by atoms with Crippen molar-refractivity contribution in [3.63, 3.8) is 0 Å². The van der Waals surface area contributed by atoms with Gasteiger partial charge in [-0.15, -0.1) is 13.2 Å². The molecular weight excluding hydrogens is 385 g/mol. The van der Waals surface area contributed by atoms with Crippen LogP contribution in [0.2, 0.25) is 5.02 Å². The molecule has 0 aromatic heterocycles. The minimum Gasteiger partial charge on any atom is -0.481 e. The number of amides is 1. The van der Waals surface area contributed by atoms with Gasteiger partial charge in [0.25, 0.3) is 5.91 Å². The van der Waals surface area contributed by atoms with E-state index in [1.807, 2.05) is 0 Å². The van der Waals surface area contributed by atoms with Gasteiger partial charge in [-0.2, -0.15) is 5.10 Å². The number of nitrogens with zero attached hydrogens (tertiary/aromatic N) is 1. The summed E-state index contributed by atoms with van der Waals surface area (Å²) < 4.78 is 46.6. The van der Waals surface area contributed by atoms with Crippen LogP contribution < -0.4 is 14.9 Å². The molecule has 2 aromatic rings. The van der Waals surface area contributed by atoms with Crippen LogP contribution in [0.25, 0.3) is 0 Å². The van der Waals surface area contributed by atoms with E-state index in [0.717, 1.165) is 17.8 Å². The molecule has 144 valence electrons. The molecule has 0 saturated carbocycles. The van der Waals surface area contributed by atoms with Crippen LogP contribution in [-0.2, 0) is 4.79 Å². The number of rotatable bonds is 6. The molecule has 0 fully saturated rings. The predicted octanol–water partition coefficient (Wildman–Crippen LogP) is 4.46. The molecule has 2 aromatic carbocycles. The fourth-order valence-corrected chi connectivity index (χ4v) is 2.28. The summed E-state index contributed by atoms with van der Waals surface area (Å²) in [5.74, 6) is -0.520. The number of nitrogens with one attached hydrogen (secondary N) is 1. The molecule has 5 nitrogen and oxygen atoms in total. The predicted molar refractivity (Wildman–Crippen MR) is 95.1 cm³/mol. The fraction of sp³-hybridized carbons (Fsp3) is 0.222. The SMILES string of the molecule is Cc1cc(Cl)ccc1OC(C)C(=O)N/N=C/c1ccccc1OC(F)(F)F. The van der Waals surface area contributed by atoms with E-state index in [1.54, 1.807) is 25.1 Å². The third kappa shape index (κ3) is 6.49. The lowest BCUT2D eigenvalue weighted by atomic mass is 10.2. The van der Waals surface area contributed by atoms with Crippen molar-refractivity contribution in [1.29, 1.82) is 0 Å². The monoisotopic (exact) mass is 400 g/mol. The van der Waals surface area contributed by atoms with Gasteiger partial charge in [-0.05, 0) is 49.7 Å². The summed E-state index contributed by atoms with van der Waals surface area (Å²) in [5.41, 5.74) is 3.02. The Balaban J connectivity index is 1.98. The first-order chi connectivity index (χ1) is 12.7. The Hall–Kier alpha value is -2.74. The van der Waals surface area contributed by atoms with Crippen LogP contribution in [-0.4, -0.2) is 24.6 Å². The summed E-state index contributed by atoms with van der Waals surface area (Å²) in [6.07, 6.45) is -4.66. The maximum absolute atomic E-state index is 12.4. The molecule has 1 unspecified atom stereocenters. The number of aryl methyl sites for hydroxylation is 1. The van der Waals surface area contributed by atoms with Gasteiger partial charge < -0.3 is 9.47 Å². The zero-order chi connectivity index (χ0) is 20.0. The Morgan fingerprint density at radius 2 is 1.93 bits per heavy atom. The molecule has 0 aliphatic rings. The zero-order valence-electron chi connectivity index (χ0n) is 14.4. The Kier molecular flexibility index (Phi) is 6.68. The first-order valence-corrected chi connectivity index (χ1v) is 8.14. The number of benzene rings is 2. The van der Waals surface area contributed by atoms with Crippen LogP contribution in [0.5, 0.6) is 11.5 Å². The van der Waals surface area contributed by atoms with Gasteiger partial charge in [-0.1, -0.05) is 23.7 Å². The van der Waals surface area contributed by atoms with Gasteiger partial charge in [0.2, 0.25) is 0 Å². The second kappa shape index (κ2) is 8.77. The topological polar surface area (TPSA) is 59.9 Å². The van der Waals surface area contributed by atoms with Crippen molar-refractivity contribution in [1.82, 2.24) is 5.43 Å². The third-order valence-electron chi connectivity index (χ3n) is 3.33. The van der Waals surface area contributed by atoms with E-state index in [0.29, 0.717) is 10.8 Å². The summed E-state index contributed by atoms with van der Waals surface area (Å²) in [6.45, 7) is 3.29. The van der Waals surface area contributed by atoms with Gasteiger partial charge in [-0.3, -0.25) is 4.79 Å². The highest BCUT2D eigenvalue weighted by Crippen LogP contribution is 2.25. The second-order valence-corrected chi connectivity index (χ2v) is 5.93. The second-order valence-electron chi connectivity index (χ2n) is 5.49. The number of halogens is 4. The molecule has 0 heterocycles. The minimum absolute atomic E-state index is 0.0530. The number of para-hydroxylation sites is 1. The van der Waals surface area contributed by atoms with Crippen LogP contribution in [0.3, 0.4) is 0 Å². The number of hydrazone groups is 1. The highest BCUT2D eigenvalue weighted by atomic mass is 35.5. The largest absolute Gasteiger partial charge is 0.573 e. The smallest absolute Gasteiger partial charge is 0.481 e. The Morgan fingerprint density at radius 1 is 1.22 bits per heavy atom. The van der Waals surface area contributed by atoms with Gasteiger partial charge in [-0.25, -0.2) is 5.43 Å². The van der Waals surface area contributed by atoms with Gasteiger partial charge >= 0.3 is 6.36 Å². The molecule has 0 aliphatic carbocycles. The van der Waals surface area contributed by atoms with E-state index in [1.165, 1.54) is 25.1 Å². The average molecular weight is 401 g/mol. The van der Waals surface area contributed by atoms with E-state index in [2.05, 4.69) is 15.3 Å². The quantitative estimate of drug-likeness (QED) is 0.575. The van der Waals surface area contributed by atoms with Crippen LogP contribution in [0.15, 0.2) is 47.6 Å². The van der Waals surface area contributed by atoms with Crippen molar-refractivity contribution in [3.8, 4) is 11.5 Å². The minimum atomic E-state index is -4.83. The van der Waals surface area contributed by atoms with E-state index in [9.17, 15) is 18.0 Å². The molecule has 0 saturated heterocycles. The number of ether oxygens (including phenoxy) is 2. The van der Waals surface area contributed by atoms with E-state index in [4.69, 9.17) is 16.3 Å². The van der Waals surface area contributed by atoms with Crippen LogP contribution in [0, 0.1) is 6.92 Å². The average Bonchev–Trinajstić information content (AvgIpc) is 2.57. The van der Waals surface area contributed by atoms with Crippen molar-refractivity contribution in [2.24, 2.45) is 5.10 Å². The lowest BCUT2D eigenvalue weighted by molar-refractivity contribution is -0.274. The molecule has 0 bridgehead atoms. The summed E-state index contributed by atoms with van der Waals surface area (Å²) >= 11 is 5.86. The summed E-state index contributed by atoms with van der Waals surface area (Å²) in [7, 11) is 0. The molecule has 9 heteroatoms. The normalized spacial score (nSPS) is 12.7. The Bertz CT molecular complexity index is 841. The first kappa shape index (κ1) is 20.6. The van der Waals surface area contributed by atoms with Crippen molar-refractivity contribution in [3.05, 3.63) is 58.6 Å². The summed E-state index contributed by atoms with van der Waals surface area (Å²) in [4.78, 5) is 12.0. The van der Waals surface area contributed by atoms with Gasteiger partial charge in [0.1, 0.15) is 11.5 Å². The molecule has 0 aliphatic heterocycles. The first-order valence-electron chi connectivity index (χ1n) is 7.76. The maximum Gasteiger partial charge on any atom is 0.573 e. The standard InChI is InChI=1S/C18H16ClF3N2O3/c1-11-9-14(19)7-8-15(11)26-12(2)17(25)24-23-10-13-5-3-4-6-16(13)27-18(20,21)22/h3-10,12H,1-2H3,(H,24,25)/b23-10+. The van der Waals surface area contributed by atoms with E-state index < -0.39 is 24.1 Å². The highest BCUT2D eigenvalue weighted by molar-refractivity contribution is 6.30. The van der Waals surface area contributed by atoms with Gasteiger partial charge in [0.05, 0.1) is 6.21 Å². The molecule has 1 N–H and O–H groups in total. The molecular formula is C18H16ClF3N2O3. The number of alkyl halides is 3. The van der Waals surface area contributed by atoms with Crippen LogP contribution >= 0.6 is 11.6 Å². The van der Waals surface area contributed by atoms with Gasteiger partial charge in [0.15, 0.2) is 6.10 Å². The number of hydrogen-bond acceptors (Lipinski definition) is 4. The van der Waals surface area contributed by atoms with Crippen molar-refractivity contribution in [2.75, 3.05) is 0 Å². The lowest BCUT2D eigenvalue weighted by Crippen LogP contribution is -2.33.